The van der Waals surface area contributed by atoms with Crippen LogP contribution in [-0.4, -0.2) is 12.6 Å². The molecule has 19 heavy (non-hydrogen) atoms. The lowest BCUT2D eigenvalue weighted by atomic mass is 9.65. The van der Waals surface area contributed by atoms with Crippen LogP contribution in [0.25, 0.3) is 0 Å². The Morgan fingerprint density at radius 2 is 1.74 bits per heavy atom. The molecule has 5 atom stereocenters. The summed E-state index contributed by atoms with van der Waals surface area (Å²) in [6.07, 6.45) is 13.2. The highest BCUT2D eigenvalue weighted by Gasteiger charge is 2.36. The van der Waals surface area contributed by atoms with Crippen LogP contribution in [0.5, 0.6) is 0 Å². The third-order valence-corrected chi connectivity index (χ3v) is 5.98. The van der Waals surface area contributed by atoms with Crippen LogP contribution in [-0.2, 0) is 0 Å². The molecule has 2 aliphatic carbocycles. The summed E-state index contributed by atoms with van der Waals surface area (Å²) in [6, 6.07) is 0.785. The number of nitrogens with one attached hydrogen (secondary N) is 1. The zero-order valence-corrected chi connectivity index (χ0v) is 13.5. The van der Waals surface area contributed by atoms with Gasteiger partial charge in [-0.05, 0) is 55.9 Å². The summed E-state index contributed by atoms with van der Waals surface area (Å²) < 4.78 is 0. The second-order valence-electron chi connectivity index (χ2n) is 7.24. The zero-order chi connectivity index (χ0) is 13.7. The molecule has 112 valence electrons. The average molecular weight is 265 g/mol. The summed E-state index contributed by atoms with van der Waals surface area (Å²) in [7, 11) is 0. The SMILES string of the molecule is CCCNC(C(C)CC)C1CCC2CCCCC2C1. The predicted octanol–water partition coefficient (Wildman–Crippen LogP) is 5.01. The number of rotatable bonds is 6. The molecule has 0 aromatic carbocycles. The minimum atomic E-state index is 0.785. The molecule has 2 aliphatic rings. The lowest BCUT2D eigenvalue weighted by Crippen LogP contribution is -2.45. The molecule has 0 heterocycles. The van der Waals surface area contributed by atoms with Crippen molar-refractivity contribution in [1.82, 2.24) is 5.32 Å². The molecular weight excluding hydrogens is 230 g/mol. The second-order valence-corrected chi connectivity index (χ2v) is 7.24. The molecule has 0 bridgehead atoms. The Balaban J connectivity index is 1.93. The maximum absolute atomic E-state index is 3.89. The van der Waals surface area contributed by atoms with Gasteiger partial charge in [0.25, 0.3) is 0 Å². The Morgan fingerprint density at radius 1 is 1.00 bits per heavy atom. The Bertz CT molecular complexity index is 250. The molecular formula is C18H35N. The quantitative estimate of drug-likeness (QED) is 0.712. The van der Waals surface area contributed by atoms with Crippen LogP contribution in [0.3, 0.4) is 0 Å². The first kappa shape index (κ1) is 15.4. The predicted molar refractivity (Wildman–Crippen MR) is 84.3 cm³/mol. The normalized spacial score (nSPS) is 34.6. The monoisotopic (exact) mass is 265 g/mol. The zero-order valence-electron chi connectivity index (χ0n) is 13.5. The van der Waals surface area contributed by atoms with E-state index in [0.717, 1.165) is 29.7 Å². The number of fused-ring (bicyclic) bond motifs is 1. The maximum Gasteiger partial charge on any atom is 0.0121 e. The van der Waals surface area contributed by atoms with Crippen molar-refractivity contribution in [1.29, 1.82) is 0 Å². The van der Waals surface area contributed by atoms with E-state index in [1.807, 2.05) is 0 Å². The fourth-order valence-electron chi connectivity index (χ4n) is 4.63. The van der Waals surface area contributed by atoms with E-state index in [1.54, 1.807) is 0 Å². The molecule has 1 N–H and O–H groups in total. The standard InChI is InChI=1S/C18H35N/c1-4-12-19-18(14(3)5-2)17-11-10-15-8-6-7-9-16(15)13-17/h14-19H,4-13H2,1-3H3. The molecule has 1 heteroatoms. The molecule has 0 radical (unpaired) electrons. The van der Waals surface area contributed by atoms with Gasteiger partial charge in [0.05, 0.1) is 0 Å². The van der Waals surface area contributed by atoms with Crippen LogP contribution in [0.15, 0.2) is 0 Å². The first-order chi connectivity index (χ1) is 9.26. The molecule has 0 aromatic rings. The molecule has 0 spiro atoms. The van der Waals surface area contributed by atoms with Crippen molar-refractivity contribution in [2.75, 3.05) is 6.54 Å². The summed E-state index contributed by atoms with van der Waals surface area (Å²) in [5.74, 6) is 3.97. The van der Waals surface area contributed by atoms with Gasteiger partial charge in [-0.3, -0.25) is 0 Å². The van der Waals surface area contributed by atoms with Crippen molar-refractivity contribution >= 4 is 0 Å². The van der Waals surface area contributed by atoms with Gasteiger partial charge in [0.15, 0.2) is 0 Å². The van der Waals surface area contributed by atoms with Gasteiger partial charge in [0.2, 0.25) is 0 Å². The van der Waals surface area contributed by atoms with E-state index in [2.05, 4.69) is 26.1 Å². The average Bonchev–Trinajstić information content (AvgIpc) is 2.47. The Hall–Kier alpha value is -0.0400. The third-order valence-electron chi connectivity index (χ3n) is 5.98. The topological polar surface area (TPSA) is 12.0 Å². The lowest BCUT2D eigenvalue weighted by molar-refractivity contribution is 0.0946. The van der Waals surface area contributed by atoms with Crippen molar-refractivity contribution in [3.05, 3.63) is 0 Å². The van der Waals surface area contributed by atoms with E-state index < -0.39 is 0 Å². The van der Waals surface area contributed by atoms with E-state index in [-0.39, 0.29) is 0 Å². The second kappa shape index (κ2) is 7.67. The van der Waals surface area contributed by atoms with Gasteiger partial charge < -0.3 is 5.32 Å². The maximum atomic E-state index is 3.89. The van der Waals surface area contributed by atoms with Gasteiger partial charge >= 0.3 is 0 Å². The van der Waals surface area contributed by atoms with Crippen LogP contribution < -0.4 is 5.32 Å². The van der Waals surface area contributed by atoms with Gasteiger partial charge in [0.1, 0.15) is 0 Å². The van der Waals surface area contributed by atoms with Crippen LogP contribution >= 0.6 is 0 Å². The summed E-state index contributed by atoms with van der Waals surface area (Å²) in [5, 5.41) is 3.89. The molecule has 0 aromatic heterocycles. The molecule has 2 saturated carbocycles. The third kappa shape index (κ3) is 3.97. The van der Waals surface area contributed by atoms with Crippen LogP contribution in [0.4, 0.5) is 0 Å². The summed E-state index contributed by atoms with van der Waals surface area (Å²) in [4.78, 5) is 0. The van der Waals surface area contributed by atoms with Crippen LogP contribution in [0.1, 0.15) is 78.6 Å². The smallest absolute Gasteiger partial charge is 0.0121 e. The van der Waals surface area contributed by atoms with Crippen molar-refractivity contribution in [3.8, 4) is 0 Å². The Labute approximate surface area is 120 Å². The molecule has 5 unspecified atom stereocenters. The molecule has 2 rings (SSSR count). The summed E-state index contributed by atoms with van der Waals surface area (Å²) >= 11 is 0. The first-order valence-corrected chi connectivity index (χ1v) is 8.99. The number of hydrogen-bond donors (Lipinski definition) is 1. The van der Waals surface area contributed by atoms with E-state index in [1.165, 1.54) is 64.3 Å². The fourth-order valence-corrected chi connectivity index (χ4v) is 4.63. The molecule has 0 amide bonds. The molecule has 1 nitrogen and oxygen atoms in total. The fraction of sp³-hybridized carbons (Fsp3) is 1.00. The molecule has 0 saturated heterocycles. The summed E-state index contributed by atoms with van der Waals surface area (Å²) in [6.45, 7) is 8.32. The van der Waals surface area contributed by atoms with Crippen molar-refractivity contribution in [2.24, 2.45) is 23.7 Å². The van der Waals surface area contributed by atoms with Gasteiger partial charge in [-0.1, -0.05) is 52.9 Å². The van der Waals surface area contributed by atoms with Crippen LogP contribution in [0, 0.1) is 23.7 Å². The Morgan fingerprint density at radius 3 is 2.42 bits per heavy atom. The minimum absolute atomic E-state index is 0.785. The minimum Gasteiger partial charge on any atom is -0.313 e. The summed E-state index contributed by atoms with van der Waals surface area (Å²) in [5.41, 5.74) is 0. The van der Waals surface area contributed by atoms with E-state index in [4.69, 9.17) is 0 Å². The van der Waals surface area contributed by atoms with Crippen LogP contribution in [0.2, 0.25) is 0 Å². The van der Waals surface area contributed by atoms with E-state index >= 15 is 0 Å². The highest BCUT2D eigenvalue weighted by atomic mass is 14.9. The van der Waals surface area contributed by atoms with Crippen molar-refractivity contribution < 1.29 is 0 Å². The molecule has 2 fully saturated rings. The highest BCUT2D eigenvalue weighted by Crippen LogP contribution is 2.44. The van der Waals surface area contributed by atoms with Crippen molar-refractivity contribution in [2.45, 2.75) is 84.6 Å². The van der Waals surface area contributed by atoms with E-state index in [9.17, 15) is 0 Å². The van der Waals surface area contributed by atoms with Gasteiger partial charge in [-0.25, -0.2) is 0 Å². The lowest BCUT2D eigenvalue weighted by Gasteiger charge is -2.43. The van der Waals surface area contributed by atoms with Gasteiger partial charge in [-0.15, -0.1) is 0 Å². The van der Waals surface area contributed by atoms with Gasteiger partial charge in [-0.2, -0.15) is 0 Å². The number of hydrogen-bond acceptors (Lipinski definition) is 1. The first-order valence-electron chi connectivity index (χ1n) is 8.99. The van der Waals surface area contributed by atoms with E-state index in [0.29, 0.717) is 0 Å². The Kier molecular flexibility index (Phi) is 6.19. The van der Waals surface area contributed by atoms with Crippen molar-refractivity contribution in [3.63, 3.8) is 0 Å². The highest BCUT2D eigenvalue weighted by molar-refractivity contribution is 4.89. The largest absolute Gasteiger partial charge is 0.313 e. The molecule has 0 aliphatic heterocycles. The van der Waals surface area contributed by atoms with Gasteiger partial charge in [0, 0.05) is 6.04 Å².